The number of aryl methyl sites for hydroxylation is 1. The Labute approximate surface area is 108 Å². The molecule has 0 amide bonds. The van der Waals surface area contributed by atoms with E-state index < -0.39 is 20.2 Å². The third-order valence-electron chi connectivity index (χ3n) is 2.61. The van der Waals surface area contributed by atoms with Crippen LogP contribution < -0.4 is 0 Å². The van der Waals surface area contributed by atoms with Gasteiger partial charge < -0.3 is 0 Å². The summed E-state index contributed by atoms with van der Waals surface area (Å²) in [6.45, 7) is 1.99. The van der Waals surface area contributed by atoms with E-state index in [0.29, 0.717) is 0 Å². The second kappa shape index (κ2) is 4.14. The van der Waals surface area contributed by atoms with Crippen LogP contribution in [-0.2, 0) is 3.07 Å². The van der Waals surface area contributed by atoms with Gasteiger partial charge in [0, 0.05) is 0 Å². The van der Waals surface area contributed by atoms with Gasteiger partial charge in [0.05, 0.1) is 0 Å². The minimum atomic E-state index is -1.96. The van der Waals surface area contributed by atoms with Crippen LogP contribution in [0.25, 0.3) is 0 Å². The van der Waals surface area contributed by atoms with Crippen molar-refractivity contribution in [2.45, 2.75) is 6.92 Å². The van der Waals surface area contributed by atoms with Gasteiger partial charge in [-0.15, -0.1) is 0 Å². The van der Waals surface area contributed by atoms with Crippen LogP contribution in [0.2, 0.25) is 0 Å². The van der Waals surface area contributed by atoms with E-state index in [0.717, 1.165) is 14.7 Å². The van der Waals surface area contributed by atoms with Gasteiger partial charge in [0.2, 0.25) is 0 Å². The van der Waals surface area contributed by atoms with Crippen LogP contribution in [0.1, 0.15) is 15.9 Å². The van der Waals surface area contributed by atoms with Crippen LogP contribution in [0, 0.1) is 14.1 Å². The zero-order valence-corrected chi connectivity index (χ0v) is 11.5. The van der Waals surface area contributed by atoms with Crippen LogP contribution in [0.3, 0.4) is 0 Å². The number of carbonyl (C=O) groups excluding carboxylic acids is 1. The SMILES string of the molecule is Cc1ccc2c(c1)C(=O)OI2c1ccccc1. The zero-order chi connectivity index (χ0) is 11.8. The van der Waals surface area contributed by atoms with Crippen LogP contribution in [0.5, 0.6) is 0 Å². The van der Waals surface area contributed by atoms with E-state index in [9.17, 15) is 4.79 Å². The molecule has 2 aromatic rings. The summed E-state index contributed by atoms with van der Waals surface area (Å²) >= 11 is -1.96. The first kappa shape index (κ1) is 10.8. The Morgan fingerprint density at radius 1 is 1.06 bits per heavy atom. The molecule has 0 saturated heterocycles. The quantitative estimate of drug-likeness (QED) is 0.743. The van der Waals surface area contributed by atoms with Crippen molar-refractivity contribution in [1.82, 2.24) is 0 Å². The van der Waals surface area contributed by atoms with E-state index in [4.69, 9.17) is 3.07 Å². The van der Waals surface area contributed by atoms with E-state index in [-0.39, 0.29) is 5.97 Å². The first-order valence-electron chi connectivity index (χ1n) is 5.34. The molecule has 0 atom stereocenters. The number of hydrogen-bond donors (Lipinski definition) is 0. The standard InChI is InChI=1S/C14H11IO2/c1-10-7-8-13-12(9-10)14(16)17-15(13)11-5-3-2-4-6-11/h2-9H,1H3. The predicted molar refractivity (Wildman–Crippen MR) is 74.5 cm³/mol. The fourth-order valence-electron chi connectivity index (χ4n) is 1.79. The fraction of sp³-hybridized carbons (Fsp3) is 0.0714. The Hall–Kier alpha value is -1.36. The van der Waals surface area contributed by atoms with Crippen molar-refractivity contribution in [2.75, 3.05) is 0 Å². The normalized spacial score (nSPS) is 15.6. The van der Waals surface area contributed by atoms with Gasteiger partial charge >= 0.3 is 108 Å². The average molecular weight is 338 g/mol. The van der Waals surface area contributed by atoms with Crippen molar-refractivity contribution in [3.05, 3.63) is 66.8 Å². The molecule has 0 aliphatic carbocycles. The van der Waals surface area contributed by atoms with Crippen LogP contribution in [0.4, 0.5) is 0 Å². The molecule has 2 aromatic carbocycles. The number of carbonyl (C=O) groups is 1. The van der Waals surface area contributed by atoms with Gasteiger partial charge in [-0.3, -0.25) is 0 Å². The number of hydrogen-bond acceptors (Lipinski definition) is 2. The monoisotopic (exact) mass is 338 g/mol. The predicted octanol–water partition coefficient (Wildman–Crippen LogP) is 3.63. The van der Waals surface area contributed by atoms with Gasteiger partial charge in [-0.2, -0.15) is 0 Å². The van der Waals surface area contributed by atoms with Crippen molar-refractivity contribution in [2.24, 2.45) is 0 Å². The summed E-state index contributed by atoms with van der Waals surface area (Å²) in [6.07, 6.45) is 0. The zero-order valence-electron chi connectivity index (χ0n) is 9.31. The molecular weight excluding hydrogens is 327 g/mol. The number of fused-ring (bicyclic) bond motifs is 1. The summed E-state index contributed by atoms with van der Waals surface area (Å²) < 4.78 is 7.89. The molecule has 1 aliphatic rings. The van der Waals surface area contributed by atoms with E-state index in [1.807, 2.05) is 55.5 Å². The van der Waals surface area contributed by atoms with Crippen molar-refractivity contribution < 1.29 is 7.86 Å². The summed E-state index contributed by atoms with van der Waals surface area (Å²) in [6, 6.07) is 16.1. The molecule has 0 spiro atoms. The summed E-state index contributed by atoms with van der Waals surface area (Å²) in [5.41, 5.74) is 1.87. The number of rotatable bonds is 1. The summed E-state index contributed by atoms with van der Waals surface area (Å²) in [7, 11) is 0. The molecule has 0 unspecified atom stereocenters. The molecule has 1 heterocycles. The Bertz CT molecular complexity index is 578. The summed E-state index contributed by atoms with van der Waals surface area (Å²) in [4.78, 5) is 11.8. The molecule has 86 valence electrons. The Morgan fingerprint density at radius 2 is 1.82 bits per heavy atom. The number of benzene rings is 2. The molecule has 2 nitrogen and oxygen atoms in total. The third-order valence-corrected chi connectivity index (χ3v) is 7.29. The Kier molecular flexibility index (Phi) is 2.63. The average Bonchev–Trinajstić information content (AvgIpc) is 2.68. The van der Waals surface area contributed by atoms with E-state index in [1.165, 1.54) is 3.57 Å². The molecule has 1 aliphatic heterocycles. The van der Waals surface area contributed by atoms with Gasteiger partial charge in [0.1, 0.15) is 0 Å². The van der Waals surface area contributed by atoms with Crippen LogP contribution in [0.15, 0.2) is 48.5 Å². The van der Waals surface area contributed by atoms with E-state index >= 15 is 0 Å². The summed E-state index contributed by atoms with van der Waals surface area (Å²) in [5.74, 6) is -0.155. The van der Waals surface area contributed by atoms with Crippen molar-refractivity contribution in [3.8, 4) is 0 Å². The Morgan fingerprint density at radius 3 is 2.59 bits per heavy atom. The van der Waals surface area contributed by atoms with Crippen molar-refractivity contribution in [3.63, 3.8) is 0 Å². The maximum absolute atomic E-state index is 11.8. The molecule has 0 fully saturated rings. The fourth-order valence-corrected chi connectivity index (χ4v) is 6.07. The third kappa shape index (κ3) is 1.84. The molecule has 0 aromatic heterocycles. The van der Waals surface area contributed by atoms with Gasteiger partial charge in [0.25, 0.3) is 0 Å². The van der Waals surface area contributed by atoms with E-state index in [2.05, 4.69) is 0 Å². The van der Waals surface area contributed by atoms with Crippen LogP contribution >= 0.6 is 20.2 Å². The van der Waals surface area contributed by atoms with E-state index in [1.54, 1.807) is 0 Å². The molecule has 3 heteroatoms. The molecule has 0 bridgehead atoms. The second-order valence-electron chi connectivity index (χ2n) is 3.89. The second-order valence-corrected chi connectivity index (χ2v) is 8.16. The Balaban J connectivity index is 2.11. The van der Waals surface area contributed by atoms with Gasteiger partial charge in [0.15, 0.2) is 0 Å². The van der Waals surface area contributed by atoms with Crippen molar-refractivity contribution >= 4 is 26.2 Å². The topological polar surface area (TPSA) is 26.3 Å². The number of halogens is 1. The van der Waals surface area contributed by atoms with Crippen molar-refractivity contribution in [1.29, 1.82) is 0 Å². The molecular formula is C14H11IO2. The first-order valence-corrected chi connectivity index (χ1v) is 8.38. The van der Waals surface area contributed by atoms with Gasteiger partial charge in [-0.25, -0.2) is 0 Å². The van der Waals surface area contributed by atoms with Gasteiger partial charge in [-0.1, -0.05) is 0 Å². The van der Waals surface area contributed by atoms with Crippen LogP contribution in [-0.4, -0.2) is 5.97 Å². The molecule has 17 heavy (non-hydrogen) atoms. The van der Waals surface area contributed by atoms with Gasteiger partial charge in [-0.05, 0) is 0 Å². The molecule has 0 saturated carbocycles. The summed E-state index contributed by atoms with van der Waals surface area (Å²) in [5, 5.41) is 0. The molecule has 0 N–H and O–H groups in total. The molecule has 3 rings (SSSR count). The molecule has 0 radical (unpaired) electrons. The first-order chi connectivity index (χ1) is 8.25. The minimum absolute atomic E-state index is 0.155. The maximum atomic E-state index is 11.8.